The molecule has 1 saturated heterocycles. The Labute approximate surface area is 208 Å². The Bertz CT molecular complexity index is 754. The molecule has 2 rings (SSSR count). The standard InChI is InChI=1S/C22H37N5O4.HI/c1-22(2,20(28)23-3)15-26-21(24-4)25-14-17(27-9-11-31-12-10-27)16-7-8-18(29-5)19(13-16)30-6;/h7-8,13,17H,9-12,14-15H2,1-6H3,(H,23,28)(H2,24,25,26);1H. The number of carbonyl (C=O) groups excluding carboxylic acids is 1. The quantitative estimate of drug-likeness (QED) is 0.239. The Balaban J connectivity index is 0.00000512. The summed E-state index contributed by atoms with van der Waals surface area (Å²) in [5, 5.41) is 9.38. The minimum atomic E-state index is -0.556. The van der Waals surface area contributed by atoms with Crippen LogP contribution < -0.4 is 25.4 Å². The summed E-state index contributed by atoms with van der Waals surface area (Å²) in [6.45, 7) is 7.99. The number of carbonyl (C=O) groups is 1. The second-order valence-electron chi connectivity index (χ2n) is 8.05. The van der Waals surface area contributed by atoms with Crippen LogP contribution in [0.25, 0.3) is 0 Å². The number of amides is 1. The van der Waals surface area contributed by atoms with E-state index in [4.69, 9.17) is 14.2 Å². The lowest BCUT2D eigenvalue weighted by molar-refractivity contribution is -0.128. The number of methoxy groups -OCH3 is 2. The number of ether oxygens (including phenoxy) is 3. The molecule has 1 aromatic carbocycles. The molecule has 32 heavy (non-hydrogen) atoms. The third-order valence-corrected chi connectivity index (χ3v) is 5.50. The fraction of sp³-hybridized carbons (Fsp3) is 0.636. The molecular formula is C22H38IN5O4. The van der Waals surface area contributed by atoms with E-state index in [1.54, 1.807) is 28.3 Å². The van der Waals surface area contributed by atoms with Crippen LogP contribution in [0.5, 0.6) is 11.5 Å². The van der Waals surface area contributed by atoms with Crippen molar-refractivity contribution in [3.8, 4) is 11.5 Å². The molecule has 1 aromatic rings. The molecule has 182 valence electrons. The number of morpholine rings is 1. The van der Waals surface area contributed by atoms with Crippen LogP contribution in [-0.4, -0.2) is 84.5 Å². The summed E-state index contributed by atoms with van der Waals surface area (Å²) in [6, 6.07) is 6.11. The smallest absolute Gasteiger partial charge is 0.227 e. The highest BCUT2D eigenvalue weighted by atomic mass is 127. The first kappa shape index (κ1) is 28.2. The van der Waals surface area contributed by atoms with Crippen molar-refractivity contribution >= 4 is 35.8 Å². The van der Waals surface area contributed by atoms with E-state index in [-0.39, 0.29) is 35.9 Å². The first-order valence-corrected chi connectivity index (χ1v) is 10.6. The lowest BCUT2D eigenvalue weighted by Crippen LogP contribution is -2.49. The number of rotatable bonds is 9. The first-order valence-electron chi connectivity index (χ1n) is 10.6. The van der Waals surface area contributed by atoms with Crippen molar-refractivity contribution in [3.05, 3.63) is 23.8 Å². The Morgan fingerprint density at radius 3 is 2.41 bits per heavy atom. The molecule has 10 heteroatoms. The zero-order valence-corrected chi connectivity index (χ0v) is 22.3. The second kappa shape index (κ2) is 13.7. The highest BCUT2D eigenvalue weighted by Gasteiger charge is 2.27. The second-order valence-corrected chi connectivity index (χ2v) is 8.05. The molecule has 9 nitrogen and oxygen atoms in total. The van der Waals surface area contributed by atoms with Crippen LogP contribution in [0.15, 0.2) is 23.2 Å². The van der Waals surface area contributed by atoms with Gasteiger partial charge in [-0.1, -0.05) is 6.07 Å². The molecule has 1 amide bonds. The van der Waals surface area contributed by atoms with Crippen LogP contribution in [0.4, 0.5) is 0 Å². The number of nitrogens with zero attached hydrogens (tertiary/aromatic N) is 2. The van der Waals surface area contributed by atoms with Gasteiger partial charge in [-0.05, 0) is 31.5 Å². The summed E-state index contributed by atoms with van der Waals surface area (Å²) in [7, 11) is 6.65. The van der Waals surface area contributed by atoms with E-state index in [1.165, 1.54) is 0 Å². The maximum atomic E-state index is 12.1. The number of halogens is 1. The molecule has 0 aromatic heterocycles. The van der Waals surface area contributed by atoms with Gasteiger partial charge in [0.1, 0.15) is 0 Å². The van der Waals surface area contributed by atoms with E-state index in [1.807, 2.05) is 26.0 Å². The van der Waals surface area contributed by atoms with Crippen molar-refractivity contribution in [1.29, 1.82) is 0 Å². The normalized spacial score (nSPS) is 15.9. The van der Waals surface area contributed by atoms with E-state index < -0.39 is 5.41 Å². The predicted molar refractivity (Wildman–Crippen MR) is 137 cm³/mol. The molecule has 0 spiro atoms. The largest absolute Gasteiger partial charge is 0.493 e. The third kappa shape index (κ3) is 7.66. The average molecular weight is 563 g/mol. The number of hydrogen-bond donors (Lipinski definition) is 3. The molecule has 1 aliphatic heterocycles. The van der Waals surface area contributed by atoms with E-state index in [0.29, 0.717) is 43.8 Å². The number of hydrogen-bond acceptors (Lipinski definition) is 6. The van der Waals surface area contributed by atoms with Gasteiger partial charge in [-0.15, -0.1) is 24.0 Å². The molecule has 3 N–H and O–H groups in total. The van der Waals surface area contributed by atoms with Crippen LogP contribution >= 0.6 is 24.0 Å². The average Bonchev–Trinajstić information content (AvgIpc) is 2.80. The summed E-state index contributed by atoms with van der Waals surface area (Å²) < 4.78 is 16.4. The maximum absolute atomic E-state index is 12.1. The summed E-state index contributed by atoms with van der Waals surface area (Å²) in [5.74, 6) is 2.03. The van der Waals surface area contributed by atoms with Gasteiger partial charge in [0.2, 0.25) is 5.91 Å². The van der Waals surface area contributed by atoms with Crippen molar-refractivity contribution in [2.24, 2.45) is 10.4 Å². The van der Waals surface area contributed by atoms with Gasteiger partial charge < -0.3 is 30.2 Å². The lowest BCUT2D eigenvalue weighted by atomic mass is 9.92. The minimum Gasteiger partial charge on any atom is -0.493 e. The summed E-state index contributed by atoms with van der Waals surface area (Å²) in [4.78, 5) is 18.8. The fourth-order valence-electron chi connectivity index (χ4n) is 3.54. The molecule has 1 heterocycles. The van der Waals surface area contributed by atoms with Crippen molar-refractivity contribution in [3.63, 3.8) is 0 Å². The molecule has 1 atom stereocenters. The SMILES string of the molecule is CN=C(NCC(c1ccc(OC)c(OC)c1)N1CCOCC1)NCC(C)(C)C(=O)NC.I. The van der Waals surface area contributed by atoms with Gasteiger partial charge >= 0.3 is 0 Å². The Morgan fingerprint density at radius 2 is 1.84 bits per heavy atom. The van der Waals surface area contributed by atoms with Crippen LogP contribution in [0.3, 0.4) is 0 Å². The van der Waals surface area contributed by atoms with Crippen LogP contribution in [0.2, 0.25) is 0 Å². The molecule has 1 aliphatic rings. The zero-order chi connectivity index (χ0) is 22.9. The minimum absolute atomic E-state index is 0. The van der Waals surface area contributed by atoms with Crippen molar-refractivity contribution in [2.45, 2.75) is 19.9 Å². The highest BCUT2D eigenvalue weighted by molar-refractivity contribution is 14.0. The number of guanidine groups is 1. The molecule has 1 unspecified atom stereocenters. The molecule has 1 fully saturated rings. The highest BCUT2D eigenvalue weighted by Crippen LogP contribution is 2.32. The van der Waals surface area contributed by atoms with Gasteiger partial charge in [-0.25, -0.2) is 0 Å². The monoisotopic (exact) mass is 563 g/mol. The predicted octanol–water partition coefficient (Wildman–Crippen LogP) is 1.63. The Morgan fingerprint density at radius 1 is 1.19 bits per heavy atom. The summed E-state index contributed by atoms with van der Waals surface area (Å²) in [5.41, 5.74) is 0.562. The van der Waals surface area contributed by atoms with Gasteiger partial charge in [0, 0.05) is 40.3 Å². The van der Waals surface area contributed by atoms with Crippen LogP contribution in [-0.2, 0) is 9.53 Å². The van der Waals surface area contributed by atoms with Crippen molar-refractivity contribution in [2.75, 3.05) is 67.7 Å². The molecule has 0 aliphatic carbocycles. The Hall–Kier alpha value is -1.79. The number of benzene rings is 1. The summed E-state index contributed by atoms with van der Waals surface area (Å²) >= 11 is 0. The van der Waals surface area contributed by atoms with Gasteiger partial charge in [-0.3, -0.25) is 14.7 Å². The molecular weight excluding hydrogens is 525 g/mol. The van der Waals surface area contributed by atoms with Crippen molar-refractivity contribution < 1.29 is 19.0 Å². The molecule has 0 bridgehead atoms. The van der Waals surface area contributed by atoms with Crippen LogP contribution in [0, 0.1) is 5.41 Å². The molecule has 0 saturated carbocycles. The van der Waals surface area contributed by atoms with E-state index >= 15 is 0 Å². The fourth-order valence-corrected chi connectivity index (χ4v) is 3.54. The number of nitrogens with one attached hydrogen (secondary N) is 3. The van der Waals surface area contributed by atoms with Crippen molar-refractivity contribution in [1.82, 2.24) is 20.9 Å². The molecule has 0 radical (unpaired) electrons. The zero-order valence-electron chi connectivity index (χ0n) is 20.0. The summed E-state index contributed by atoms with van der Waals surface area (Å²) in [6.07, 6.45) is 0. The van der Waals surface area contributed by atoms with Gasteiger partial charge in [0.15, 0.2) is 17.5 Å². The van der Waals surface area contributed by atoms with Gasteiger partial charge in [-0.2, -0.15) is 0 Å². The first-order chi connectivity index (χ1) is 14.9. The van der Waals surface area contributed by atoms with E-state index in [9.17, 15) is 4.79 Å². The topological polar surface area (TPSA) is 96.5 Å². The van der Waals surface area contributed by atoms with Gasteiger partial charge in [0.25, 0.3) is 0 Å². The van der Waals surface area contributed by atoms with E-state index in [0.717, 1.165) is 18.7 Å². The lowest BCUT2D eigenvalue weighted by Gasteiger charge is -2.35. The third-order valence-electron chi connectivity index (χ3n) is 5.50. The van der Waals surface area contributed by atoms with E-state index in [2.05, 4.69) is 31.9 Å². The van der Waals surface area contributed by atoms with Gasteiger partial charge in [0.05, 0.1) is 38.9 Å². The Kier molecular flexibility index (Phi) is 12.1. The maximum Gasteiger partial charge on any atom is 0.227 e. The van der Waals surface area contributed by atoms with Crippen LogP contribution in [0.1, 0.15) is 25.5 Å². The number of aliphatic imine (C=N–C) groups is 1.